The summed E-state index contributed by atoms with van der Waals surface area (Å²) in [4.78, 5) is 10.3. The molecule has 0 amide bonds. The first kappa shape index (κ1) is 11.2. The van der Waals surface area contributed by atoms with Crippen molar-refractivity contribution < 1.29 is 15.0 Å². The molecule has 0 spiro atoms. The molecule has 0 fully saturated rings. The summed E-state index contributed by atoms with van der Waals surface area (Å²) in [5.41, 5.74) is 0.296. The highest BCUT2D eigenvalue weighted by Crippen LogP contribution is 2.04. The first-order chi connectivity index (χ1) is 5.57. The molecule has 0 aliphatic heterocycles. The Balaban J connectivity index is 3.79. The minimum atomic E-state index is -0.918. The lowest BCUT2D eigenvalue weighted by Crippen LogP contribution is -2.05. The van der Waals surface area contributed by atoms with Crippen molar-refractivity contribution in [2.45, 2.75) is 39.2 Å². The summed E-state index contributed by atoms with van der Waals surface area (Å²) in [5.74, 6) is -0.918. The third-order valence-electron chi connectivity index (χ3n) is 1.66. The number of carboxylic acid groups (broad SMARTS) is 1. The summed E-state index contributed by atoms with van der Waals surface area (Å²) < 4.78 is 0. The highest BCUT2D eigenvalue weighted by atomic mass is 16.4. The lowest BCUT2D eigenvalue weighted by Gasteiger charge is -2.04. The number of rotatable bonds is 5. The van der Waals surface area contributed by atoms with E-state index in [0.29, 0.717) is 12.0 Å². The van der Waals surface area contributed by atoms with Gasteiger partial charge in [0.1, 0.15) is 0 Å². The Kier molecular flexibility index (Phi) is 5.37. The smallest absolute Gasteiger partial charge is 0.330 e. The first-order valence-electron chi connectivity index (χ1n) is 4.16. The van der Waals surface area contributed by atoms with Crippen LogP contribution >= 0.6 is 0 Å². The van der Waals surface area contributed by atoms with Gasteiger partial charge in [0.25, 0.3) is 0 Å². The van der Waals surface area contributed by atoms with Crippen molar-refractivity contribution in [1.29, 1.82) is 0 Å². The summed E-state index contributed by atoms with van der Waals surface area (Å²) in [6.07, 6.45) is 3.24. The minimum absolute atomic E-state index is 0.296. The molecule has 0 heterocycles. The first-order valence-corrected chi connectivity index (χ1v) is 4.16. The number of carboxylic acids is 1. The predicted molar refractivity (Wildman–Crippen MR) is 46.9 cm³/mol. The Hall–Kier alpha value is -0.830. The van der Waals surface area contributed by atoms with Crippen LogP contribution in [0.4, 0.5) is 0 Å². The van der Waals surface area contributed by atoms with E-state index in [1.165, 1.54) is 6.92 Å². The van der Waals surface area contributed by atoms with Crippen LogP contribution in [0.25, 0.3) is 0 Å². The maximum absolute atomic E-state index is 10.3. The highest BCUT2D eigenvalue weighted by Gasteiger charge is 2.02. The molecule has 0 bridgehead atoms. The largest absolute Gasteiger partial charge is 0.478 e. The molecule has 12 heavy (non-hydrogen) atoms. The summed E-state index contributed by atoms with van der Waals surface area (Å²) in [6, 6.07) is 0. The molecule has 0 aliphatic carbocycles. The van der Waals surface area contributed by atoms with Gasteiger partial charge in [0.05, 0.1) is 6.10 Å². The molecule has 3 heteroatoms. The maximum atomic E-state index is 10.3. The van der Waals surface area contributed by atoms with Crippen molar-refractivity contribution in [3.63, 3.8) is 0 Å². The van der Waals surface area contributed by atoms with Gasteiger partial charge in [-0.1, -0.05) is 19.4 Å². The van der Waals surface area contributed by atoms with Crippen molar-refractivity contribution >= 4 is 5.97 Å². The van der Waals surface area contributed by atoms with Gasteiger partial charge in [0.15, 0.2) is 0 Å². The van der Waals surface area contributed by atoms with Crippen molar-refractivity contribution in [2.24, 2.45) is 0 Å². The van der Waals surface area contributed by atoms with Gasteiger partial charge < -0.3 is 10.2 Å². The molecule has 0 aromatic carbocycles. The number of hydrogen-bond acceptors (Lipinski definition) is 2. The molecule has 1 unspecified atom stereocenters. The van der Waals surface area contributed by atoms with E-state index in [1.54, 1.807) is 6.08 Å². The van der Waals surface area contributed by atoms with Gasteiger partial charge >= 0.3 is 5.97 Å². The van der Waals surface area contributed by atoms with Crippen LogP contribution in [0.2, 0.25) is 0 Å². The molecule has 1 atom stereocenters. The predicted octanol–water partition coefficient (Wildman–Crippen LogP) is 1.57. The van der Waals surface area contributed by atoms with Crippen LogP contribution < -0.4 is 0 Å². The zero-order valence-corrected chi connectivity index (χ0v) is 7.58. The van der Waals surface area contributed by atoms with Crippen LogP contribution in [0.5, 0.6) is 0 Å². The second-order valence-corrected chi connectivity index (χ2v) is 2.87. The Bertz CT molecular complexity index is 173. The Morgan fingerprint density at radius 2 is 2.17 bits per heavy atom. The van der Waals surface area contributed by atoms with E-state index in [2.05, 4.69) is 0 Å². The quantitative estimate of drug-likeness (QED) is 0.619. The minimum Gasteiger partial charge on any atom is -0.478 e. The van der Waals surface area contributed by atoms with Crippen molar-refractivity contribution in [1.82, 2.24) is 0 Å². The fraction of sp³-hybridized carbons (Fsp3) is 0.667. The maximum Gasteiger partial charge on any atom is 0.330 e. The molecule has 3 nitrogen and oxygen atoms in total. The summed E-state index contributed by atoms with van der Waals surface area (Å²) in [5, 5.41) is 17.7. The van der Waals surface area contributed by atoms with Crippen molar-refractivity contribution in [2.75, 3.05) is 0 Å². The number of hydrogen-bond donors (Lipinski definition) is 2. The van der Waals surface area contributed by atoms with E-state index in [9.17, 15) is 9.90 Å². The molecule has 2 N–H and O–H groups in total. The second kappa shape index (κ2) is 5.77. The van der Waals surface area contributed by atoms with Crippen LogP contribution in [-0.2, 0) is 4.79 Å². The zero-order valence-electron chi connectivity index (χ0n) is 7.58. The van der Waals surface area contributed by atoms with E-state index in [1.807, 2.05) is 6.92 Å². The fourth-order valence-electron chi connectivity index (χ4n) is 0.851. The highest BCUT2D eigenvalue weighted by molar-refractivity contribution is 5.85. The summed E-state index contributed by atoms with van der Waals surface area (Å²) in [7, 11) is 0. The summed E-state index contributed by atoms with van der Waals surface area (Å²) >= 11 is 0. The Morgan fingerprint density at radius 1 is 1.58 bits per heavy atom. The average molecular weight is 172 g/mol. The van der Waals surface area contributed by atoms with Gasteiger partial charge in [-0.25, -0.2) is 4.79 Å². The lowest BCUT2D eigenvalue weighted by atomic mass is 10.1. The van der Waals surface area contributed by atoms with E-state index in [-0.39, 0.29) is 0 Å². The van der Waals surface area contributed by atoms with Gasteiger partial charge in [0, 0.05) is 5.57 Å². The lowest BCUT2D eigenvalue weighted by molar-refractivity contribution is -0.132. The van der Waals surface area contributed by atoms with Crippen LogP contribution in [-0.4, -0.2) is 22.3 Å². The van der Waals surface area contributed by atoms with Crippen LogP contribution in [0.1, 0.15) is 33.1 Å². The average Bonchev–Trinajstić information content (AvgIpc) is 2.00. The molecule has 0 saturated carbocycles. The molecule has 0 radical (unpaired) electrons. The third kappa shape index (κ3) is 4.91. The van der Waals surface area contributed by atoms with E-state index < -0.39 is 12.1 Å². The number of carbonyl (C=O) groups is 1. The molecule has 0 aromatic heterocycles. The molecule has 70 valence electrons. The SMILES string of the molecule is CCCC(O)CC=C(C)C(=O)O. The van der Waals surface area contributed by atoms with Gasteiger partial charge in [-0.2, -0.15) is 0 Å². The number of aliphatic hydroxyl groups excluding tert-OH is 1. The van der Waals surface area contributed by atoms with Crippen LogP contribution in [0.15, 0.2) is 11.6 Å². The van der Waals surface area contributed by atoms with E-state index in [0.717, 1.165) is 12.8 Å². The van der Waals surface area contributed by atoms with Crippen molar-refractivity contribution in [3.05, 3.63) is 11.6 Å². The van der Waals surface area contributed by atoms with Crippen LogP contribution in [0.3, 0.4) is 0 Å². The van der Waals surface area contributed by atoms with E-state index in [4.69, 9.17) is 5.11 Å². The van der Waals surface area contributed by atoms with Gasteiger partial charge in [-0.3, -0.25) is 0 Å². The number of aliphatic hydroxyl groups is 1. The molecule has 0 rings (SSSR count). The molecular weight excluding hydrogens is 156 g/mol. The molecular formula is C9H16O3. The monoisotopic (exact) mass is 172 g/mol. The van der Waals surface area contributed by atoms with Gasteiger partial charge in [-0.15, -0.1) is 0 Å². The van der Waals surface area contributed by atoms with Gasteiger partial charge in [-0.05, 0) is 19.8 Å². The molecule has 0 aromatic rings. The summed E-state index contributed by atoms with van der Waals surface area (Å²) in [6.45, 7) is 3.51. The van der Waals surface area contributed by atoms with Crippen LogP contribution in [0, 0.1) is 0 Å². The normalized spacial score (nSPS) is 14.4. The van der Waals surface area contributed by atoms with Crippen molar-refractivity contribution in [3.8, 4) is 0 Å². The topological polar surface area (TPSA) is 57.5 Å². The molecule has 0 aliphatic rings. The number of aliphatic carboxylic acids is 1. The van der Waals surface area contributed by atoms with E-state index >= 15 is 0 Å². The fourth-order valence-corrected chi connectivity index (χ4v) is 0.851. The van der Waals surface area contributed by atoms with Gasteiger partial charge in [0.2, 0.25) is 0 Å². The Labute approximate surface area is 72.7 Å². The standard InChI is InChI=1S/C9H16O3/c1-3-4-8(10)6-5-7(2)9(11)12/h5,8,10H,3-4,6H2,1-2H3,(H,11,12). The Morgan fingerprint density at radius 3 is 2.58 bits per heavy atom. The third-order valence-corrected chi connectivity index (χ3v) is 1.66. The molecule has 0 saturated heterocycles. The second-order valence-electron chi connectivity index (χ2n) is 2.87. The zero-order chi connectivity index (χ0) is 9.56.